The van der Waals surface area contributed by atoms with Crippen LogP contribution in [-0.4, -0.2) is 4.92 Å². The average Bonchev–Trinajstić information content (AvgIpc) is 2.24. The fourth-order valence-corrected chi connectivity index (χ4v) is 1.05. The fraction of sp³-hybridized carbons (Fsp3) is 0.100. The predicted molar refractivity (Wildman–Crippen MR) is 50.6 cm³/mol. The molecular formula is C10H3F3N2O2. The highest BCUT2D eigenvalue weighted by molar-refractivity contribution is 5.48. The Balaban J connectivity index is 3.40. The third-order valence-corrected chi connectivity index (χ3v) is 1.72. The molecule has 0 fully saturated rings. The summed E-state index contributed by atoms with van der Waals surface area (Å²) in [6, 6.07) is 3.35. The molecule has 0 aliphatic heterocycles. The molecule has 0 N–H and O–H groups in total. The molecule has 17 heavy (non-hydrogen) atoms. The van der Waals surface area contributed by atoms with Crippen LogP contribution in [-0.2, 0) is 6.18 Å². The van der Waals surface area contributed by atoms with Crippen LogP contribution in [0.2, 0.25) is 0 Å². The fourth-order valence-electron chi connectivity index (χ4n) is 1.05. The van der Waals surface area contributed by atoms with E-state index < -0.39 is 22.4 Å². The van der Waals surface area contributed by atoms with E-state index in [2.05, 4.69) is 5.92 Å². The lowest BCUT2D eigenvalue weighted by Gasteiger charge is -2.06. The van der Waals surface area contributed by atoms with Crippen molar-refractivity contribution < 1.29 is 18.1 Å². The minimum atomic E-state index is -4.70. The van der Waals surface area contributed by atoms with E-state index in [1.54, 1.807) is 0 Å². The molecule has 1 rings (SSSR count). The van der Waals surface area contributed by atoms with Crippen LogP contribution in [0.15, 0.2) is 18.2 Å². The summed E-state index contributed by atoms with van der Waals surface area (Å²) in [4.78, 5) is 9.48. The molecular weight excluding hydrogens is 237 g/mol. The van der Waals surface area contributed by atoms with Gasteiger partial charge in [-0.25, -0.2) is 0 Å². The van der Waals surface area contributed by atoms with Crippen LogP contribution in [0.3, 0.4) is 0 Å². The topological polar surface area (TPSA) is 66.9 Å². The molecule has 0 heterocycles. The summed E-state index contributed by atoms with van der Waals surface area (Å²) in [5.74, 6) is 3.96. The van der Waals surface area contributed by atoms with Gasteiger partial charge < -0.3 is 0 Å². The molecule has 0 bridgehead atoms. The Morgan fingerprint density at radius 2 is 1.94 bits per heavy atom. The molecule has 0 saturated heterocycles. The number of alkyl halides is 3. The van der Waals surface area contributed by atoms with E-state index in [0.717, 1.165) is 6.07 Å². The van der Waals surface area contributed by atoms with Crippen LogP contribution < -0.4 is 0 Å². The Morgan fingerprint density at radius 1 is 1.29 bits per heavy atom. The number of halogens is 3. The van der Waals surface area contributed by atoms with Crippen molar-refractivity contribution in [2.45, 2.75) is 6.18 Å². The molecule has 0 saturated carbocycles. The van der Waals surface area contributed by atoms with E-state index in [1.165, 1.54) is 6.07 Å². The van der Waals surface area contributed by atoms with Gasteiger partial charge in [0, 0.05) is 23.6 Å². The van der Waals surface area contributed by atoms with E-state index in [-0.39, 0.29) is 5.56 Å². The number of nitro groups is 1. The summed E-state index contributed by atoms with van der Waals surface area (Å²) in [7, 11) is 0. The molecule has 7 heteroatoms. The quantitative estimate of drug-likeness (QED) is 0.430. The lowest BCUT2D eigenvalue weighted by Crippen LogP contribution is -2.06. The van der Waals surface area contributed by atoms with Crippen LogP contribution in [0, 0.1) is 33.3 Å². The summed E-state index contributed by atoms with van der Waals surface area (Å²) in [6.45, 7) is 0. The first-order chi connectivity index (χ1) is 7.84. The SMILES string of the molecule is N#CC#Cc1cc([N+](=O)[O-])cc(C(F)(F)F)c1. The molecule has 0 unspecified atom stereocenters. The molecule has 1 aromatic carbocycles. The minimum absolute atomic E-state index is 0.229. The van der Waals surface area contributed by atoms with E-state index in [4.69, 9.17) is 5.26 Å². The van der Waals surface area contributed by atoms with Gasteiger partial charge in [-0.1, -0.05) is 5.92 Å². The van der Waals surface area contributed by atoms with E-state index in [9.17, 15) is 23.3 Å². The van der Waals surface area contributed by atoms with Gasteiger partial charge in [-0.3, -0.25) is 10.1 Å². The zero-order valence-corrected chi connectivity index (χ0v) is 8.08. The first kappa shape index (κ1) is 12.5. The second kappa shape index (κ2) is 4.54. The Hall–Kier alpha value is -2.54. The summed E-state index contributed by atoms with van der Waals surface area (Å²) >= 11 is 0. The lowest BCUT2D eigenvalue weighted by molar-refractivity contribution is -0.385. The maximum absolute atomic E-state index is 12.4. The summed E-state index contributed by atoms with van der Waals surface area (Å²) in [5.41, 5.74) is -2.12. The molecule has 0 atom stereocenters. The maximum atomic E-state index is 12.4. The van der Waals surface area contributed by atoms with Crippen LogP contribution in [0.5, 0.6) is 0 Å². The zero-order valence-electron chi connectivity index (χ0n) is 8.08. The highest BCUT2D eigenvalue weighted by atomic mass is 19.4. The van der Waals surface area contributed by atoms with Crippen LogP contribution in [0.25, 0.3) is 0 Å². The first-order valence-corrected chi connectivity index (χ1v) is 4.11. The van der Waals surface area contributed by atoms with Crippen LogP contribution in [0.1, 0.15) is 11.1 Å². The number of hydrogen-bond donors (Lipinski definition) is 0. The number of nitrogens with zero attached hydrogens (tertiary/aromatic N) is 2. The van der Waals surface area contributed by atoms with E-state index >= 15 is 0 Å². The number of nitriles is 1. The number of benzene rings is 1. The average molecular weight is 240 g/mol. The summed E-state index contributed by atoms with van der Waals surface area (Å²) < 4.78 is 37.2. The van der Waals surface area contributed by atoms with Crippen molar-refractivity contribution in [1.29, 1.82) is 5.26 Å². The first-order valence-electron chi connectivity index (χ1n) is 4.11. The van der Waals surface area contributed by atoms with Gasteiger partial charge in [0.15, 0.2) is 6.07 Å². The Labute approximate surface area is 93.4 Å². The van der Waals surface area contributed by atoms with Crippen molar-refractivity contribution in [3.8, 4) is 17.9 Å². The molecule has 1 aromatic rings. The van der Waals surface area contributed by atoms with E-state index in [0.29, 0.717) is 12.1 Å². The van der Waals surface area contributed by atoms with Gasteiger partial charge in [0.2, 0.25) is 0 Å². The summed E-state index contributed by atoms with van der Waals surface area (Å²) in [6.07, 6.45) is -4.70. The van der Waals surface area contributed by atoms with Gasteiger partial charge in [-0.15, -0.1) is 0 Å². The van der Waals surface area contributed by atoms with Gasteiger partial charge in [-0.2, -0.15) is 18.4 Å². The highest BCUT2D eigenvalue weighted by Gasteiger charge is 2.32. The van der Waals surface area contributed by atoms with Crippen molar-refractivity contribution >= 4 is 5.69 Å². The number of rotatable bonds is 1. The predicted octanol–water partition coefficient (Wildman–Crippen LogP) is 2.49. The standard InChI is InChI=1S/C10H3F3N2O2/c11-10(12,13)8-4-7(2-1-3-14)5-9(6-8)15(16)17/h4-6H. The van der Waals surface area contributed by atoms with Gasteiger partial charge in [0.1, 0.15) is 0 Å². The van der Waals surface area contributed by atoms with Gasteiger partial charge >= 0.3 is 6.18 Å². The van der Waals surface area contributed by atoms with Gasteiger partial charge in [0.25, 0.3) is 5.69 Å². The van der Waals surface area contributed by atoms with Crippen molar-refractivity contribution in [1.82, 2.24) is 0 Å². The molecule has 86 valence electrons. The Bertz CT molecular complexity index is 562. The van der Waals surface area contributed by atoms with Gasteiger partial charge in [0.05, 0.1) is 10.5 Å². The van der Waals surface area contributed by atoms with Crippen LogP contribution >= 0.6 is 0 Å². The molecule has 0 spiro atoms. The smallest absolute Gasteiger partial charge is 0.258 e. The van der Waals surface area contributed by atoms with Crippen molar-refractivity contribution in [3.05, 3.63) is 39.4 Å². The highest BCUT2D eigenvalue weighted by Crippen LogP contribution is 2.32. The zero-order chi connectivity index (χ0) is 13.1. The minimum Gasteiger partial charge on any atom is -0.258 e. The van der Waals surface area contributed by atoms with Crippen LogP contribution in [0.4, 0.5) is 18.9 Å². The number of hydrogen-bond acceptors (Lipinski definition) is 3. The third kappa shape index (κ3) is 3.21. The largest absolute Gasteiger partial charge is 0.416 e. The monoisotopic (exact) mass is 240 g/mol. The molecule has 0 amide bonds. The second-order valence-electron chi connectivity index (χ2n) is 2.89. The normalized spacial score (nSPS) is 10.0. The lowest BCUT2D eigenvalue weighted by atomic mass is 10.1. The van der Waals surface area contributed by atoms with Crippen molar-refractivity contribution in [2.75, 3.05) is 0 Å². The Morgan fingerprint density at radius 3 is 2.41 bits per heavy atom. The molecule has 0 aromatic heterocycles. The van der Waals surface area contributed by atoms with Gasteiger partial charge in [-0.05, 0) is 6.07 Å². The number of nitro benzene ring substituents is 1. The molecule has 0 aliphatic carbocycles. The number of non-ortho nitro benzene ring substituents is 1. The third-order valence-electron chi connectivity index (χ3n) is 1.72. The summed E-state index contributed by atoms with van der Waals surface area (Å²) in [5, 5.41) is 18.6. The Kier molecular flexibility index (Phi) is 3.34. The van der Waals surface area contributed by atoms with E-state index in [1.807, 2.05) is 5.92 Å². The van der Waals surface area contributed by atoms with Crippen molar-refractivity contribution in [2.24, 2.45) is 0 Å². The molecule has 0 radical (unpaired) electrons. The second-order valence-corrected chi connectivity index (χ2v) is 2.89. The molecule has 0 aliphatic rings. The molecule has 4 nitrogen and oxygen atoms in total. The maximum Gasteiger partial charge on any atom is 0.416 e. The van der Waals surface area contributed by atoms with Crippen molar-refractivity contribution in [3.63, 3.8) is 0 Å².